The molecule has 0 N–H and O–H groups in total. The molecule has 1 aliphatic heterocycles. The van der Waals surface area contributed by atoms with Gasteiger partial charge in [-0.1, -0.05) is 12.2 Å². The summed E-state index contributed by atoms with van der Waals surface area (Å²) in [7, 11) is 1.52. The summed E-state index contributed by atoms with van der Waals surface area (Å²) in [5.41, 5.74) is 1.45. The number of hydrogen-bond acceptors (Lipinski definition) is 7. The van der Waals surface area contributed by atoms with Crippen molar-refractivity contribution < 1.29 is 24.0 Å². The molecule has 2 saturated carbocycles. The van der Waals surface area contributed by atoms with Crippen LogP contribution in [0.4, 0.5) is 5.69 Å². The third-order valence-corrected chi connectivity index (χ3v) is 7.69. The smallest absolute Gasteiger partial charge is 0.269 e. The Labute approximate surface area is 201 Å². The third kappa shape index (κ3) is 3.50. The Hall–Kier alpha value is -4.01. The van der Waals surface area contributed by atoms with E-state index >= 15 is 0 Å². The van der Waals surface area contributed by atoms with Crippen LogP contribution in [0.3, 0.4) is 0 Å². The molecule has 1 saturated heterocycles. The maximum atomic E-state index is 13.1. The fourth-order valence-corrected chi connectivity index (χ4v) is 5.94. The average molecular weight is 473 g/mol. The predicted octanol–water partition coefficient (Wildman–Crippen LogP) is 3.57. The van der Waals surface area contributed by atoms with Crippen molar-refractivity contribution in [3.05, 3.63) is 75.9 Å². The standard InChI is InChI=1S/C26H23N3O6/c1-34-22-10-15(4-9-21(22)35-13-14-2-5-16(6-3-14)29(32)33)12-27-28-25(30)23-17-7-8-18(20-11-19(17)20)24(23)26(28)31/h2-10,12,17-20,23-24H,11,13H2,1H3/t17-,18-,19-,20+,23+,24+/m0/s1. The SMILES string of the molecule is COc1cc(C=NN2C(=O)[C@@H]3[C@H]4C=C[C@@H]([C@@H]5C[C@H]45)[C@H]3C2=O)ccc1OCc1ccc([N+](=O)[O-])cc1. The van der Waals surface area contributed by atoms with Gasteiger partial charge in [-0.3, -0.25) is 19.7 Å². The van der Waals surface area contributed by atoms with Gasteiger partial charge in [0.1, 0.15) is 6.61 Å². The van der Waals surface area contributed by atoms with Gasteiger partial charge in [-0.2, -0.15) is 10.1 Å². The first-order valence-electron chi connectivity index (χ1n) is 11.6. The Kier molecular flexibility index (Phi) is 4.94. The Morgan fingerprint density at radius 2 is 1.69 bits per heavy atom. The summed E-state index contributed by atoms with van der Waals surface area (Å²) in [6, 6.07) is 11.3. The van der Waals surface area contributed by atoms with Gasteiger partial charge in [0.25, 0.3) is 17.5 Å². The molecule has 35 heavy (non-hydrogen) atoms. The van der Waals surface area contributed by atoms with Gasteiger partial charge in [-0.05, 0) is 71.6 Å². The summed E-state index contributed by atoms with van der Waals surface area (Å²) in [5, 5.41) is 16.1. The molecule has 4 aliphatic carbocycles. The first kappa shape index (κ1) is 21.5. The lowest BCUT2D eigenvalue weighted by molar-refractivity contribution is -0.384. The molecule has 0 spiro atoms. The van der Waals surface area contributed by atoms with E-state index in [1.807, 2.05) is 0 Å². The summed E-state index contributed by atoms with van der Waals surface area (Å²) in [5.74, 6) is 1.44. The van der Waals surface area contributed by atoms with Gasteiger partial charge in [0.05, 0.1) is 30.1 Å². The zero-order valence-electron chi connectivity index (χ0n) is 18.9. The number of ether oxygens (including phenoxy) is 2. The molecule has 9 heteroatoms. The number of nitrogens with zero attached hydrogens (tertiary/aromatic N) is 3. The molecule has 6 atom stereocenters. The van der Waals surface area contributed by atoms with E-state index in [1.165, 1.54) is 25.5 Å². The zero-order chi connectivity index (χ0) is 24.3. The highest BCUT2D eigenvalue weighted by atomic mass is 16.6. The van der Waals surface area contributed by atoms with Crippen molar-refractivity contribution in [3.63, 3.8) is 0 Å². The second kappa shape index (κ2) is 8.04. The number of hydrazone groups is 1. The van der Waals surface area contributed by atoms with Gasteiger partial charge in [-0.15, -0.1) is 0 Å². The molecule has 0 radical (unpaired) electrons. The first-order valence-corrected chi connectivity index (χ1v) is 11.6. The van der Waals surface area contributed by atoms with Gasteiger partial charge in [0.2, 0.25) is 0 Å². The second-order valence-electron chi connectivity index (χ2n) is 9.51. The molecule has 2 bridgehead atoms. The summed E-state index contributed by atoms with van der Waals surface area (Å²) in [6.07, 6.45) is 6.89. The molecule has 9 nitrogen and oxygen atoms in total. The Balaban J connectivity index is 1.15. The molecule has 2 amide bonds. The zero-order valence-corrected chi connectivity index (χ0v) is 18.9. The van der Waals surface area contributed by atoms with Crippen LogP contribution in [0.2, 0.25) is 0 Å². The Bertz CT molecular complexity index is 1250. The van der Waals surface area contributed by atoms with Crippen LogP contribution in [-0.4, -0.2) is 35.1 Å². The van der Waals surface area contributed by atoms with E-state index in [-0.39, 0.29) is 47.8 Å². The molecule has 5 aliphatic rings. The fourth-order valence-electron chi connectivity index (χ4n) is 5.94. The van der Waals surface area contributed by atoms with Crippen molar-refractivity contribution in [2.75, 3.05) is 7.11 Å². The van der Waals surface area contributed by atoms with Gasteiger partial charge in [0, 0.05) is 12.1 Å². The number of nitro groups is 1. The van der Waals surface area contributed by atoms with E-state index in [9.17, 15) is 19.7 Å². The Morgan fingerprint density at radius 1 is 1.03 bits per heavy atom. The highest BCUT2D eigenvalue weighted by molar-refractivity contribution is 6.06. The molecule has 7 rings (SSSR count). The van der Waals surface area contributed by atoms with E-state index in [4.69, 9.17) is 9.47 Å². The molecule has 0 aromatic heterocycles. The maximum Gasteiger partial charge on any atom is 0.269 e. The fraction of sp³-hybridized carbons (Fsp3) is 0.346. The minimum absolute atomic E-state index is 0.0184. The summed E-state index contributed by atoms with van der Waals surface area (Å²) < 4.78 is 11.3. The monoisotopic (exact) mass is 473 g/mol. The van der Waals surface area contributed by atoms with E-state index < -0.39 is 4.92 Å². The number of allylic oxidation sites excluding steroid dienone is 2. The van der Waals surface area contributed by atoms with Crippen molar-refractivity contribution in [3.8, 4) is 11.5 Å². The highest BCUT2D eigenvalue weighted by Gasteiger charge is 2.67. The largest absolute Gasteiger partial charge is 0.493 e. The van der Waals surface area contributed by atoms with Crippen molar-refractivity contribution in [1.82, 2.24) is 5.01 Å². The Morgan fingerprint density at radius 3 is 2.29 bits per heavy atom. The number of methoxy groups -OCH3 is 1. The number of imide groups is 1. The topological polar surface area (TPSA) is 111 Å². The molecule has 0 unspecified atom stereocenters. The summed E-state index contributed by atoms with van der Waals surface area (Å²) in [4.78, 5) is 36.5. The average Bonchev–Trinajstić information content (AvgIpc) is 3.66. The van der Waals surface area contributed by atoms with Crippen LogP contribution < -0.4 is 9.47 Å². The minimum Gasteiger partial charge on any atom is -0.493 e. The lowest BCUT2D eigenvalue weighted by atomic mass is 9.63. The van der Waals surface area contributed by atoms with E-state index in [0.717, 1.165) is 17.0 Å². The number of benzene rings is 2. The number of nitro benzene ring substituents is 1. The van der Waals surface area contributed by atoms with Crippen LogP contribution in [0.5, 0.6) is 11.5 Å². The molecule has 1 heterocycles. The molecular formula is C26H23N3O6. The van der Waals surface area contributed by atoms with Crippen molar-refractivity contribution in [2.24, 2.45) is 40.6 Å². The number of carbonyl (C=O) groups is 2. The number of hydrogen-bond donors (Lipinski definition) is 0. The summed E-state index contributed by atoms with van der Waals surface area (Å²) in [6.45, 7) is 0.208. The van der Waals surface area contributed by atoms with Crippen LogP contribution in [0.1, 0.15) is 17.5 Å². The van der Waals surface area contributed by atoms with Gasteiger partial charge < -0.3 is 9.47 Å². The molecule has 2 aromatic rings. The quantitative estimate of drug-likeness (QED) is 0.200. The number of carbonyl (C=O) groups excluding carboxylic acids is 2. The number of amides is 2. The van der Waals surface area contributed by atoms with E-state index in [2.05, 4.69) is 17.3 Å². The first-order chi connectivity index (χ1) is 17.0. The predicted molar refractivity (Wildman–Crippen MR) is 125 cm³/mol. The molecule has 178 valence electrons. The van der Waals surface area contributed by atoms with Gasteiger partial charge >= 0.3 is 0 Å². The van der Waals surface area contributed by atoms with Crippen LogP contribution in [-0.2, 0) is 16.2 Å². The lowest BCUT2D eigenvalue weighted by Gasteiger charge is -2.37. The normalized spacial score (nSPS) is 29.9. The third-order valence-electron chi connectivity index (χ3n) is 7.69. The van der Waals surface area contributed by atoms with Gasteiger partial charge in [0.15, 0.2) is 11.5 Å². The second-order valence-corrected chi connectivity index (χ2v) is 9.51. The highest BCUT2D eigenvalue weighted by Crippen LogP contribution is 2.65. The van der Waals surface area contributed by atoms with Crippen LogP contribution in [0, 0.1) is 45.6 Å². The van der Waals surface area contributed by atoms with Crippen LogP contribution in [0.15, 0.2) is 59.7 Å². The van der Waals surface area contributed by atoms with Crippen LogP contribution >= 0.6 is 0 Å². The molecular weight excluding hydrogens is 450 g/mol. The van der Waals surface area contributed by atoms with Crippen molar-refractivity contribution >= 4 is 23.7 Å². The van der Waals surface area contributed by atoms with Crippen molar-refractivity contribution in [1.29, 1.82) is 0 Å². The lowest BCUT2D eigenvalue weighted by Crippen LogP contribution is -2.40. The molecule has 3 fully saturated rings. The van der Waals surface area contributed by atoms with Crippen molar-refractivity contribution in [2.45, 2.75) is 13.0 Å². The maximum absolute atomic E-state index is 13.1. The molecule has 2 aromatic carbocycles. The number of non-ortho nitro benzene ring substituents is 1. The van der Waals surface area contributed by atoms with Gasteiger partial charge in [-0.25, -0.2) is 0 Å². The van der Waals surface area contributed by atoms with E-state index in [0.29, 0.717) is 28.9 Å². The minimum atomic E-state index is -0.450. The van der Waals surface area contributed by atoms with E-state index in [1.54, 1.807) is 30.3 Å². The van der Waals surface area contributed by atoms with Crippen LogP contribution in [0.25, 0.3) is 0 Å². The number of rotatable bonds is 7. The summed E-state index contributed by atoms with van der Waals surface area (Å²) >= 11 is 0.